The molecule has 0 amide bonds. The molecule has 3 aromatic rings. The smallest absolute Gasteiger partial charge is 0.341 e. The summed E-state index contributed by atoms with van der Waals surface area (Å²) in [6.07, 6.45) is -0.318. The van der Waals surface area contributed by atoms with Gasteiger partial charge in [0.25, 0.3) is 0 Å². The molecule has 0 aliphatic heterocycles. The van der Waals surface area contributed by atoms with E-state index in [1.807, 2.05) is 62.4 Å². The predicted octanol–water partition coefficient (Wildman–Crippen LogP) is 5.11. The second kappa shape index (κ2) is 9.61. The van der Waals surface area contributed by atoms with Gasteiger partial charge in [-0.15, -0.1) is 0 Å². The van der Waals surface area contributed by atoms with Crippen LogP contribution in [0.4, 0.5) is 0 Å². The van der Waals surface area contributed by atoms with Gasteiger partial charge in [-0.05, 0) is 50.7 Å². The predicted molar refractivity (Wildman–Crippen MR) is 117 cm³/mol. The third-order valence-corrected chi connectivity index (χ3v) is 5.29. The molecule has 0 radical (unpaired) electrons. The van der Waals surface area contributed by atoms with E-state index in [-0.39, 0.29) is 12.1 Å². The first-order valence-corrected chi connectivity index (χ1v) is 10.3. The number of carbonyl (C=O) groups excluding carboxylic acids is 1. The summed E-state index contributed by atoms with van der Waals surface area (Å²) in [5.41, 5.74) is 3.24. The van der Waals surface area contributed by atoms with Crippen LogP contribution < -0.4 is 4.74 Å². The standard InChI is InChI=1S/C24H30N2O3/c1-5-26(6-2)14-15-28-20-12-13-22-21(16-20)23(17(3)25-22)24(27)29-18(4)19-10-8-7-9-11-19/h7-13,16,18,25H,5-6,14-15H2,1-4H3/t18-/m0/s1. The number of esters is 1. The van der Waals surface area contributed by atoms with Crippen molar-refractivity contribution in [2.75, 3.05) is 26.2 Å². The normalized spacial score (nSPS) is 12.3. The molecule has 0 fully saturated rings. The van der Waals surface area contributed by atoms with Gasteiger partial charge >= 0.3 is 5.97 Å². The van der Waals surface area contributed by atoms with Crippen LogP contribution in [0.2, 0.25) is 0 Å². The number of hydrogen-bond acceptors (Lipinski definition) is 4. The van der Waals surface area contributed by atoms with Crippen molar-refractivity contribution in [2.45, 2.75) is 33.8 Å². The number of aromatic amines is 1. The lowest BCUT2D eigenvalue weighted by atomic mass is 10.1. The molecule has 0 aliphatic rings. The van der Waals surface area contributed by atoms with E-state index >= 15 is 0 Å². The van der Waals surface area contributed by atoms with E-state index in [4.69, 9.17) is 9.47 Å². The Bertz CT molecular complexity index is 945. The molecular formula is C24H30N2O3. The molecule has 0 saturated heterocycles. The number of nitrogens with zero attached hydrogens (tertiary/aromatic N) is 1. The molecule has 1 heterocycles. The molecule has 3 rings (SSSR count). The molecule has 0 bridgehead atoms. The van der Waals surface area contributed by atoms with E-state index in [0.717, 1.165) is 47.5 Å². The van der Waals surface area contributed by atoms with Crippen LogP contribution in [0.3, 0.4) is 0 Å². The summed E-state index contributed by atoms with van der Waals surface area (Å²) in [5, 5.41) is 0.827. The Morgan fingerprint density at radius 2 is 1.83 bits per heavy atom. The first kappa shape index (κ1) is 20.9. The molecule has 5 heteroatoms. The summed E-state index contributed by atoms with van der Waals surface area (Å²) < 4.78 is 11.7. The molecule has 2 aromatic carbocycles. The second-order valence-electron chi connectivity index (χ2n) is 7.17. The number of likely N-dealkylation sites (N-methyl/N-ethyl adjacent to an activating group) is 1. The number of rotatable bonds is 9. The largest absolute Gasteiger partial charge is 0.492 e. The third-order valence-electron chi connectivity index (χ3n) is 5.29. The maximum atomic E-state index is 12.9. The molecule has 1 aromatic heterocycles. The molecule has 1 atom stereocenters. The van der Waals surface area contributed by atoms with Crippen LogP contribution in [0.5, 0.6) is 5.75 Å². The summed E-state index contributed by atoms with van der Waals surface area (Å²) in [5.74, 6) is 0.430. The van der Waals surface area contributed by atoms with E-state index in [1.54, 1.807) is 0 Å². The molecule has 154 valence electrons. The highest BCUT2D eigenvalue weighted by molar-refractivity contribution is 6.06. The maximum absolute atomic E-state index is 12.9. The maximum Gasteiger partial charge on any atom is 0.341 e. The monoisotopic (exact) mass is 394 g/mol. The van der Waals surface area contributed by atoms with E-state index in [2.05, 4.69) is 23.7 Å². The Labute approximate surface area is 172 Å². The van der Waals surface area contributed by atoms with Crippen LogP contribution in [-0.4, -0.2) is 42.1 Å². The fraction of sp³-hybridized carbons (Fsp3) is 0.375. The molecule has 5 nitrogen and oxygen atoms in total. The van der Waals surface area contributed by atoms with Crippen LogP contribution in [0, 0.1) is 6.92 Å². The third kappa shape index (κ3) is 4.98. The molecule has 0 aliphatic carbocycles. The molecule has 0 spiro atoms. The number of ether oxygens (including phenoxy) is 2. The summed E-state index contributed by atoms with van der Waals surface area (Å²) in [6, 6.07) is 15.6. The first-order valence-electron chi connectivity index (χ1n) is 10.3. The Hall–Kier alpha value is -2.79. The minimum absolute atomic E-state index is 0.318. The Morgan fingerprint density at radius 1 is 1.10 bits per heavy atom. The van der Waals surface area contributed by atoms with Crippen LogP contribution >= 0.6 is 0 Å². The zero-order chi connectivity index (χ0) is 20.8. The Morgan fingerprint density at radius 3 is 2.52 bits per heavy atom. The summed E-state index contributed by atoms with van der Waals surface area (Å²) >= 11 is 0. The number of benzene rings is 2. The number of nitrogens with one attached hydrogen (secondary N) is 1. The van der Waals surface area contributed by atoms with Gasteiger partial charge in [-0.3, -0.25) is 0 Å². The van der Waals surface area contributed by atoms with Crippen molar-refractivity contribution >= 4 is 16.9 Å². The average Bonchev–Trinajstić information content (AvgIpc) is 3.07. The van der Waals surface area contributed by atoms with Gasteiger partial charge in [0.15, 0.2) is 0 Å². The fourth-order valence-corrected chi connectivity index (χ4v) is 3.50. The van der Waals surface area contributed by atoms with Gasteiger partial charge in [0.05, 0.1) is 5.56 Å². The number of H-pyrrole nitrogens is 1. The van der Waals surface area contributed by atoms with Crippen molar-refractivity contribution in [1.29, 1.82) is 0 Å². The van der Waals surface area contributed by atoms with Gasteiger partial charge in [0, 0.05) is 23.1 Å². The number of fused-ring (bicyclic) bond motifs is 1. The second-order valence-corrected chi connectivity index (χ2v) is 7.17. The molecule has 1 N–H and O–H groups in total. The molecule has 0 saturated carbocycles. The average molecular weight is 395 g/mol. The minimum Gasteiger partial charge on any atom is -0.492 e. The lowest BCUT2D eigenvalue weighted by Crippen LogP contribution is -2.27. The number of aromatic nitrogens is 1. The Balaban J connectivity index is 1.76. The van der Waals surface area contributed by atoms with Crippen molar-refractivity contribution in [3.63, 3.8) is 0 Å². The molecular weight excluding hydrogens is 364 g/mol. The zero-order valence-electron chi connectivity index (χ0n) is 17.7. The highest BCUT2D eigenvalue weighted by Crippen LogP contribution is 2.29. The van der Waals surface area contributed by atoms with Gasteiger partial charge in [0.1, 0.15) is 18.5 Å². The van der Waals surface area contributed by atoms with Crippen LogP contribution in [0.1, 0.15) is 48.5 Å². The lowest BCUT2D eigenvalue weighted by Gasteiger charge is -2.18. The number of aryl methyl sites for hydroxylation is 1. The minimum atomic E-state index is -0.328. The van der Waals surface area contributed by atoms with Crippen molar-refractivity contribution in [3.05, 3.63) is 65.4 Å². The summed E-state index contributed by atoms with van der Waals surface area (Å²) in [6.45, 7) is 11.6. The first-order chi connectivity index (χ1) is 14.0. The van der Waals surface area contributed by atoms with E-state index < -0.39 is 0 Å². The topological polar surface area (TPSA) is 54.6 Å². The highest BCUT2D eigenvalue weighted by Gasteiger charge is 2.21. The fourth-order valence-electron chi connectivity index (χ4n) is 3.50. The van der Waals surface area contributed by atoms with Crippen molar-refractivity contribution in [1.82, 2.24) is 9.88 Å². The van der Waals surface area contributed by atoms with E-state index in [1.165, 1.54) is 0 Å². The van der Waals surface area contributed by atoms with Crippen LogP contribution in [0.25, 0.3) is 10.9 Å². The number of carbonyl (C=O) groups is 1. The zero-order valence-corrected chi connectivity index (χ0v) is 17.7. The van der Waals surface area contributed by atoms with Gasteiger partial charge in [-0.2, -0.15) is 0 Å². The quantitative estimate of drug-likeness (QED) is 0.512. The van der Waals surface area contributed by atoms with E-state index in [9.17, 15) is 4.79 Å². The number of hydrogen-bond donors (Lipinski definition) is 1. The van der Waals surface area contributed by atoms with Gasteiger partial charge in [-0.25, -0.2) is 4.79 Å². The highest BCUT2D eigenvalue weighted by atomic mass is 16.5. The lowest BCUT2D eigenvalue weighted by molar-refractivity contribution is 0.0339. The van der Waals surface area contributed by atoms with Crippen molar-refractivity contribution in [3.8, 4) is 5.75 Å². The van der Waals surface area contributed by atoms with Crippen molar-refractivity contribution < 1.29 is 14.3 Å². The summed E-state index contributed by atoms with van der Waals surface area (Å²) in [7, 11) is 0. The van der Waals surface area contributed by atoms with Gasteiger partial charge in [0.2, 0.25) is 0 Å². The molecule has 0 unspecified atom stereocenters. The van der Waals surface area contributed by atoms with Crippen LogP contribution in [0.15, 0.2) is 48.5 Å². The Kier molecular flexibility index (Phi) is 6.94. The summed E-state index contributed by atoms with van der Waals surface area (Å²) in [4.78, 5) is 18.5. The van der Waals surface area contributed by atoms with Crippen LogP contribution in [-0.2, 0) is 4.74 Å². The van der Waals surface area contributed by atoms with Gasteiger partial charge in [-0.1, -0.05) is 44.2 Å². The molecule has 29 heavy (non-hydrogen) atoms. The van der Waals surface area contributed by atoms with Gasteiger partial charge < -0.3 is 19.4 Å². The van der Waals surface area contributed by atoms with Crippen molar-refractivity contribution in [2.24, 2.45) is 0 Å². The SMILES string of the molecule is CCN(CC)CCOc1ccc2[nH]c(C)c(C(=O)O[C@@H](C)c3ccccc3)c2c1. The van der Waals surface area contributed by atoms with E-state index in [0.29, 0.717) is 12.2 Å².